The molecule has 0 spiro atoms. The number of hydrogen-bond donors (Lipinski definition) is 4. The summed E-state index contributed by atoms with van der Waals surface area (Å²) >= 11 is 0. The quantitative estimate of drug-likeness (QED) is 0.281. The number of nitrogen functional groups attached to an aromatic ring is 1. The molecule has 2 fully saturated rings. The van der Waals surface area contributed by atoms with Crippen molar-refractivity contribution in [2.45, 2.75) is 91.3 Å². The van der Waals surface area contributed by atoms with Crippen LogP contribution in [-0.2, 0) is 28.5 Å². The highest BCUT2D eigenvalue weighted by atomic mass is 16.6. The number of rotatable bonds is 8. The van der Waals surface area contributed by atoms with Crippen LogP contribution < -0.4 is 22.7 Å². The van der Waals surface area contributed by atoms with Gasteiger partial charge in [-0.2, -0.15) is 4.98 Å². The molecule has 2 unspecified atom stereocenters. The van der Waals surface area contributed by atoms with Crippen LogP contribution in [0.15, 0.2) is 38.9 Å². The molecule has 0 aromatic carbocycles. The number of carbonyl (C=O) groups is 2. The van der Waals surface area contributed by atoms with Crippen LogP contribution >= 0.6 is 0 Å². The lowest BCUT2D eigenvalue weighted by Crippen LogP contribution is -2.39. The van der Waals surface area contributed by atoms with Gasteiger partial charge in [-0.3, -0.25) is 28.5 Å². The second-order valence-electron chi connectivity index (χ2n) is 11.7. The molecule has 0 radical (unpaired) electrons. The number of aromatic amines is 1. The SMILES string of the molecule is CCC(=O)OC[C@H]1O[C@@H](n2ccc(=O)[nH]c2=O)C(C)(C)C1O.CCC(=O)OC[C@H]1O[C@@H](n2ccc(N)nc2=O)C(C)(C)C1O. The molecule has 44 heavy (non-hydrogen) atoms. The summed E-state index contributed by atoms with van der Waals surface area (Å²) in [4.78, 5) is 63.3. The number of H-pyrrole nitrogens is 1. The van der Waals surface area contributed by atoms with E-state index < -0.39 is 70.6 Å². The Morgan fingerprint density at radius 1 is 0.886 bits per heavy atom. The van der Waals surface area contributed by atoms with Crippen LogP contribution in [0.1, 0.15) is 66.8 Å². The van der Waals surface area contributed by atoms with Gasteiger partial charge in [0.1, 0.15) is 43.7 Å². The molecule has 2 aromatic rings. The number of aliphatic hydroxyl groups excluding tert-OH is 2. The van der Waals surface area contributed by atoms with Gasteiger partial charge in [-0.05, 0) is 6.07 Å². The largest absolute Gasteiger partial charge is 0.463 e. The first kappa shape index (κ1) is 34.6. The number of anilines is 1. The first-order chi connectivity index (χ1) is 20.5. The van der Waals surface area contributed by atoms with Crippen molar-refractivity contribution < 1.29 is 38.7 Å². The van der Waals surface area contributed by atoms with Gasteiger partial charge in [0.15, 0.2) is 0 Å². The number of nitrogens with two attached hydrogens (primary N) is 1. The number of nitrogens with one attached hydrogen (secondary N) is 1. The monoisotopic (exact) mass is 623 g/mol. The number of aromatic nitrogens is 4. The summed E-state index contributed by atoms with van der Waals surface area (Å²) in [5.41, 5.74) is 2.22. The summed E-state index contributed by atoms with van der Waals surface area (Å²) in [6.45, 7) is 10.2. The molecule has 2 aliphatic heterocycles. The molecule has 0 saturated carbocycles. The van der Waals surface area contributed by atoms with E-state index in [0.29, 0.717) is 0 Å². The van der Waals surface area contributed by atoms with E-state index in [1.54, 1.807) is 41.5 Å². The van der Waals surface area contributed by atoms with Gasteiger partial charge < -0.3 is 34.9 Å². The van der Waals surface area contributed by atoms with Crippen molar-refractivity contribution in [1.82, 2.24) is 19.1 Å². The van der Waals surface area contributed by atoms with Gasteiger partial charge in [-0.25, -0.2) is 9.59 Å². The molecule has 2 saturated heterocycles. The van der Waals surface area contributed by atoms with Crippen molar-refractivity contribution in [1.29, 1.82) is 0 Å². The standard InChI is InChI=1S/C14H21N3O5.C14H20N2O6/c1-4-10(18)21-7-8-11(19)14(2,3)12(22-8)17-6-5-9(15)16-13(17)20;1-4-10(18)21-7-8-11(19)14(2,3)12(22-8)16-6-5-9(17)15-13(16)20/h5-6,8,11-12,19H,4,7H2,1-3H3,(H2,15,16,20);5-6,8,11-12,19H,4,7H2,1-3H3,(H,15,17,20)/t2*8-,11?,12-/m11/s1. The zero-order valence-electron chi connectivity index (χ0n) is 25.6. The van der Waals surface area contributed by atoms with Crippen molar-refractivity contribution in [3.05, 3.63) is 55.8 Å². The Labute approximate surface area is 252 Å². The molecule has 244 valence electrons. The van der Waals surface area contributed by atoms with Crippen molar-refractivity contribution in [3.8, 4) is 0 Å². The van der Waals surface area contributed by atoms with Crippen LogP contribution in [0.5, 0.6) is 0 Å². The Morgan fingerprint density at radius 2 is 1.34 bits per heavy atom. The normalized spacial score (nSPS) is 26.8. The number of aliphatic hydroxyl groups is 2. The van der Waals surface area contributed by atoms with Crippen molar-refractivity contribution in [2.75, 3.05) is 18.9 Å². The minimum atomic E-state index is -0.930. The van der Waals surface area contributed by atoms with Crippen LogP contribution in [0.3, 0.4) is 0 Å². The van der Waals surface area contributed by atoms with Gasteiger partial charge in [0.2, 0.25) is 0 Å². The van der Waals surface area contributed by atoms with Crippen LogP contribution in [0.4, 0.5) is 5.82 Å². The zero-order valence-corrected chi connectivity index (χ0v) is 25.6. The fraction of sp³-hybridized carbons (Fsp3) is 0.643. The number of carbonyl (C=O) groups excluding carboxylic acids is 2. The van der Waals surface area contributed by atoms with Crippen molar-refractivity contribution >= 4 is 17.8 Å². The molecule has 5 N–H and O–H groups in total. The Balaban J connectivity index is 0.000000240. The van der Waals surface area contributed by atoms with Crippen LogP contribution in [0.25, 0.3) is 0 Å². The van der Waals surface area contributed by atoms with E-state index in [4.69, 9.17) is 24.7 Å². The summed E-state index contributed by atoms with van der Waals surface area (Å²) in [6, 6.07) is 2.69. The lowest BCUT2D eigenvalue weighted by molar-refractivity contribution is -0.150. The van der Waals surface area contributed by atoms with Crippen molar-refractivity contribution in [2.24, 2.45) is 10.8 Å². The summed E-state index contributed by atoms with van der Waals surface area (Å²) in [5.74, 6) is -0.646. The number of esters is 2. The molecule has 2 aliphatic rings. The zero-order chi connectivity index (χ0) is 33.0. The molecule has 6 atom stereocenters. The van der Waals surface area contributed by atoms with Gasteiger partial charge in [0.05, 0.1) is 12.2 Å². The smallest absolute Gasteiger partial charge is 0.351 e. The van der Waals surface area contributed by atoms with Crippen LogP contribution in [0, 0.1) is 10.8 Å². The van der Waals surface area contributed by atoms with Crippen molar-refractivity contribution in [3.63, 3.8) is 0 Å². The predicted molar refractivity (Wildman–Crippen MR) is 154 cm³/mol. The lowest BCUT2D eigenvalue weighted by Gasteiger charge is -2.28. The first-order valence-corrected chi connectivity index (χ1v) is 14.2. The number of hydrogen-bond acceptors (Lipinski definition) is 13. The van der Waals surface area contributed by atoms with E-state index >= 15 is 0 Å². The highest BCUT2D eigenvalue weighted by Crippen LogP contribution is 2.45. The van der Waals surface area contributed by atoms with E-state index in [2.05, 4.69) is 9.97 Å². The molecule has 16 heteroatoms. The van der Waals surface area contributed by atoms with Gasteiger partial charge >= 0.3 is 23.3 Å². The minimum Gasteiger partial charge on any atom is -0.463 e. The van der Waals surface area contributed by atoms with Gasteiger partial charge in [-0.15, -0.1) is 0 Å². The molecule has 0 amide bonds. The number of nitrogens with zero attached hydrogens (tertiary/aromatic N) is 3. The maximum absolute atomic E-state index is 12.0. The van der Waals surface area contributed by atoms with E-state index in [0.717, 1.165) is 0 Å². The predicted octanol–water partition coefficient (Wildman–Crippen LogP) is -0.162. The summed E-state index contributed by atoms with van der Waals surface area (Å²) < 4.78 is 24.0. The topological polar surface area (TPSA) is 227 Å². The van der Waals surface area contributed by atoms with Gasteiger partial charge in [0.25, 0.3) is 5.56 Å². The third kappa shape index (κ3) is 7.43. The lowest BCUT2D eigenvalue weighted by atomic mass is 9.84. The van der Waals surface area contributed by atoms with E-state index in [-0.39, 0.29) is 37.8 Å². The summed E-state index contributed by atoms with van der Waals surface area (Å²) in [6.07, 6.45) is -1.51. The maximum atomic E-state index is 12.0. The third-order valence-corrected chi connectivity index (χ3v) is 7.71. The molecular weight excluding hydrogens is 582 g/mol. The fourth-order valence-corrected chi connectivity index (χ4v) is 4.96. The van der Waals surface area contributed by atoms with E-state index in [1.165, 1.54) is 33.7 Å². The Morgan fingerprint density at radius 3 is 1.77 bits per heavy atom. The maximum Gasteiger partial charge on any atom is 0.351 e. The summed E-state index contributed by atoms with van der Waals surface area (Å²) in [7, 11) is 0. The summed E-state index contributed by atoms with van der Waals surface area (Å²) in [5, 5.41) is 20.8. The molecule has 4 rings (SSSR count). The first-order valence-electron chi connectivity index (χ1n) is 14.2. The average Bonchev–Trinajstić information content (AvgIpc) is 3.33. The number of ether oxygens (including phenoxy) is 4. The van der Waals surface area contributed by atoms with Crippen LogP contribution in [-0.4, -0.2) is 78.9 Å². The van der Waals surface area contributed by atoms with E-state index in [9.17, 15) is 34.2 Å². The second kappa shape index (κ2) is 13.8. The molecule has 16 nitrogen and oxygen atoms in total. The Kier molecular flexibility index (Phi) is 10.9. The second-order valence-corrected chi connectivity index (χ2v) is 11.7. The van der Waals surface area contributed by atoms with Gasteiger partial charge in [-0.1, -0.05) is 41.5 Å². The van der Waals surface area contributed by atoms with Gasteiger partial charge in [0, 0.05) is 42.1 Å². The molecule has 2 aromatic heterocycles. The highest BCUT2D eigenvalue weighted by Gasteiger charge is 2.52. The molecular formula is C28H41N5O11. The Hall–Kier alpha value is -3.86. The highest BCUT2D eigenvalue weighted by molar-refractivity contribution is 5.69. The fourth-order valence-electron chi connectivity index (χ4n) is 4.96. The third-order valence-electron chi connectivity index (χ3n) is 7.71. The molecule has 4 heterocycles. The minimum absolute atomic E-state index is 0.0646. The Bertz CT molecular complexity index is 1500. The van der Waals surface area contributed by atoms with Crippen LogP contribution in [0.2, 0.25) is 0 Å². The molecule has 0 aliphatic carbocycles. The molecule has 0 bridgehead atoms. The van der Waals surface area contributed by atoms with E-state index in [1.807, 2.05) is 0 Å². The average molecular weight is 624 g/mol.